The van der Waals surface area contributed by atoms with Gasteiger partial charge in [0, 0.05) is 12.4 Å². The zero-order valence-corrected chi connectivity index (χ0v) is 11.1. The van der Waals surface area contributed by atoms with Crippen LogP contribution >= 0.6 is 11.5 Å². The second-order valence-electron chi connectivity index (χ2n) is 3.95. The van der Waals surface area contributed by atoms with Crippen LogP contribution in [0.1, 0.15) is 34.7 Å². The molecule has 1 unspecified atom stereocenters. The predicted molar refractivity (Wildman–Crippen MR) is 69.2 cm³/mol. The minimum absolute atomic E-state index is 0.136. The summed E-state index contributed by atoms with van der Waals surface area (Å²) in [5.41, 5.74) is 3.39. The highest BCUT2D eigenvalue weighted by molar-refractivity contribution is 7.05. The average Bonchev–Trinajstić information content (AvgIpc) is 2.78. The Bertz CT molecular complexity index is 495. The molecule has 0 saturated heterocycles. The summed E-state index contributed by atoms with van der Waals surface area (Å²) in [5.74, 6) is 0. The molecule has 4 nitrogen and oxygen atoms in total. The molecule has 2 aromatic heterocycles. The van der Waals surface area contributed by atoms with Crippen molar-refractivity contribution in [3.8, 4) is 0 Å². The highest BCUT2D eigenvalue weighted by atomic mass is 32.1. The van der Waals surface area contributed by atoms with E-state index < -0.39 is 0 Å². The van der Waals surface area contributed by atoms with Gasteiger partial charge in [0.05, 0.1) is 16.6 Å². The summed E-state index contributed by atoms with van der Waals surface area (Å²) >= 11 is 1.46. The van der Waals surface area contributed by atoms with E-state index >= 15 is 0 Å². The number of pyridine rings is 1. The molecule has 1 atom stereocenters. The number of hydrogen-bond donors (Lipinski definition) is 1. The van der Waals surface area contributed by atoms with Gasteiger partial charge in [-0.25, -0.2) is 0 Å². The molecule has 0 saturated carbocycles. The lowest BCUT2D eigenvalue weighted by Crippen LogP contribution is -2.18. The van der Waals surface area contributed by atoms with Crippen LogP contribution in [0.25, 0.3) is 0 Å². The minimum atomic E-state index is 0.136. The molecule has 0 radical (unpaired) electrons. The number of hydrogen-bond acceptors (Lipinski definition) is 5. The molecular formula is C12H16N4S. The van der Waals surface area contributed by atoms with E-state index in [0.29, 0.717) is 0 Å². The maximum absolute atomic E-state index is 4.24. The third-order valence-corrected chi connectivity index (χ3v) is 3.53. The van der Waals surface area contributed by atoms with Crippen LogP contribution in [0.3, 0.4) is 0 Å². The van der Waals surface area contributed by atoms with Gasteiger partial charge in [0.25, 0.3) is 0 Å². The lowest BCUT2D eigenvalue weighted by Gasteiger charge is -2.15. The molecule has 2 aromatic rings. The standard InChI is InChI=1S/C12H16N4S/c1-4-10-12(17-16-15-10)11(13-3)9-5-8(2)6-14-7-9/h5-7,11,13H,4H2,1-3H3. The Hall–Kier alpha value is -1.33. The zero-order valence-electron chi connectivity index (χ0n) is 10.3. The highest BCUT2D eigenvalue weighted by Crippen LogP contribution is 2.26. The maximum atomic E-state index is 4.24. The summed E-state index contributed by atoms with van der Waals surface area (Å²) in [6.07, 6.45) is 4.67. The van der Waals surface area contributed by atoms with Gasteiger partial charge in [-0.05, 0) is 43.1 Å². The first-order chi connectivity index (χ1) is 8.26. The van der Waals surface area contributed by atoms with Crippen molar-refractivity contribution in [2.75, 3.05) is 7.05 Å². The van der Waals surface area contributed by atoms with Crippen LogP contribution < -0.4 is 5.32 Å². The average molecular weight is 248 g/mol. The van der Waals surface area contributed by atoms with E-state index in [0.717, 1.165) is 17.7 Å². The van der Waals surface area contributed by atoms with Crippen molar-refractivity contribution >= 4 is 11.5 Å². The van der Waals surface area contributed by atoms with Gasteiger partial charge in [0.15, 0.2) is 0 Å². The third kappa shape index (κ3) is 2.50. The molecule has 0 bridgehead atoms. The van der Waals surface area contributed by atoms with E-state index in [4.69, 9.17) is 0 Å². The van der Waals surface area contributed by atoms with Crippen molar-refractivity contribution in [3.63, 3.8) is 0 Å². The second kappa shape index (κ2) is 5.33. The van der Waals surface area contributed by atoms with Gasteiger partial charge in [-0.1, -0.05) is 17.5 Å². The molecule has 1 N–H and O–H groups in total. The second-order valence-corrected chi connectivity index (χ2v) is 4.74. The molecule has 90 valence electrons. The fourth-order valence-electron chi connectivity index (χ4n) is 1.87. The number of nitrogens with one attached hydrogen (secondary N) is 1. The van der Waals surface area contributed by atoms with Crippen LogP contribution in [0, 0.1) is 6.92 Å². The van der Waals surface area contributed by atoms with Gasteiger partial charge in [0.2, 0.25) is 0 Å². The van der Waals surface area contributed by atoms with E-state index in [1.165, 1.54) is 22.0 Å². The van der Waals surface area contributed by atoms with Crippen molar-refractivity contribution in [2.45, 2.75) is 26.3 Å². The van der Waals surface area contributed by atoms with Crippen LogP contribution in [0.5, 0.6) is 0 Å². The maximum Gasteiger partial charge on any atom is 0.0804 e. The van der Waals surface area contributed by atoms with Crippen LogP contribution in [0.2, 0.25) is 0 Å². The Kier molecular flexibility index (Phi) is 3.81. The lowest BCUT2D eigenvalue weighted by atomic mass is 10.0. The summed E-state index contributed by atoms with van der Waals surface area (Å²) in [6, 6.07) is 2.28. The van der Waals surface area contributed by atoms with Crippen LogP contribution in [0.4, 0.5) is 0 Å². The molecule has 0 aliphatic carbocycles. The Labute approximate surface area is 105 Å². The summed E-state index contributed by atoms with van der Waals surface area (Å²) in [5, 5.41) is 7.47. The van der Waals surface area contributed by atoms with Crippen LogP contribution in [-0.4, -0.2) is 21.6 Å². The van der Waals surface area contributed by atoms with Gasteiger partial charge in [-0.15, -0.1) is 5.10 Å². The first-order valence-electron chi connectivity index (χ1n) is 5.66. The fourth-order valence-corrected chi connectivity index (χ4v) is 2.74. The molecule has 17 heavy (non-hydrogen) atoms. The number of aromatic nitrogens is 3. The molecule has 5 heteroatoms. The monoisotopic (exact) mass is 248 g/mol. The Morgan fingerprint density at radius 3 is 2.88 bits per heavy atom. The van der Waals surface area contributed by atoms with E-state index in [1.807, 2.05) is 19.4 Å². The summed E-state index contributed by atoms with van der Waals surface area (Å²) in [7, 11) is 1.95. The Balaban J connectivity index is 2.40. The molecule has 2 rings (SSSR count). The zero-order chi connectivity index (χ0) is 12.3. The smallest absolute Gasteiger partial charge is 0.0804 e. The molecule has 2 heterocycles. The summed E-state index contributed by atoms with van der Waals surface area (Å²) in [6.45, 7) is 4.15. The topological polar surface area (TPSA) is 50.7 Å². The normalized spacial score (nSPS) is 12.6. The Morgan fingerprint density at radius 1 is 1.41 bits per heavy atom. The van der Waals surface area contributed by atoms with Crippen LogP contribution in [-0.2, 0) is 6.42 Å². The quantitative estimate of drug-likeness (QED) is 0.900. The van der Waals surface area contributed by atoms with Crippen molar-refractivity contribution in [2.24, 2.45) is 0 Å². The van der Waals surface area contributed by atoms with Gasteiger partial charge >= 0.3 is 0 Å². The van der Waals surface area contributed by atoms with E-state index in [-0.39, 0.29) is 6.04 Å². The summed E-state index contributed by atoms with van der Waals surface area (Å²) < 4.78 is 4.04. The third-order valence-electron chi connectivity index (χ3n) is 2.70. The number of nitrogens with zero attached hydrogens (tertiary/aromatic N) is 3. The first-order valence-corrected chi connectivity index (χ1v) is 6.43. The lowest BCUT2D eigenvalue weighted by molar-refractivity contribution is 0.689. The van der Waals surface area contributed by atoms with Gasteiger partial charge in [-0.3, -0.25) is 4.98 Å². The number of aryl methyl sites for hydroxylation is 2. The van der Waals surface area contributed by atoms with E-state index in [9.17, 15) is 0 Å². The SMILES string of the molecule is CCc1nnsc1C(NC)c1cncc(C)c1. The predicted octanol–water partition coefficient (Wildman–Crippen LogP) is 2.11. The molecule has 0 aliphatic heterocycles. The van der Waals surface area contributed by atoms with Crippen LogP contribution in [0.15, 0.2) is 18.5 Å². The molecule has 0 aliphatic rings. The van der Waals surface area contributed by atoms with E-state index in [1.54, 1.807) is 0 Å². The van der Waals surface area contributed by atoms with Crippen molar-refractivity contribution < 1.29 is 0 Å². The fraction of sp³-hybridized carbons (Fsp3) is 0.417. The summed E-state index contributed by atoms with van der Waals surface area (Å²) in [4.78, 5) is 5.43. The van der Waals surface area contributed by atoms with Crippen molar-refractivity contribution in [1.29, 1.82) is 0 Å². The molecule has 0 amide bonds. The molecule has 0 aromatic carbocycles. The van der Waals surface area contributed by atoms with Gasteiger partial charge in [0.1, 0.15) is 0 Å². The minimum Gasteiger partial charge on any atom is -0.309 e. The van der Waals surface area contributed by atoms with Crippen molar-refractivity contribution in [1.82, 2.24) is 19.9 Å². The van der Waals surface area contributed by atoms with Gasteiger partial charge < -0.3 is 5.32 Å². The number of rotatable bonds is 4. The highest BCUT2D eigenvalue weighted by Gasteiger charge is 2.19. The molecular weight excluding hydrogens is 232 g/mol. The van der Waals surface area contributed by atoms with E-state index in [2.05, 4.69) is 39.8 Å². The van der Waals surface area contributed by atoms with Crippen molar-refractivity contribution in [3.05, 3.63) is 40.2 Å². The molecule has 0 fully saturated rings. The molecule has 0 spiro atoms. The van der Waals surface area contributed by atoms with Gasteiger partial charge in [-0.2, -0.15) is 0 Å². The largest absolute Gasteiger partial charge is 0.309 e. The first kappa shape index (κ1) is 12.1. The Morgan fingerprint density at radius 2 is 2.24 bits per heavy atom.